The van der Waals surface area contributed by atoms with Gasteiger partial charge in [-0.2, -0.15) is 5.26 Å². The third-order valence-electron chi connectivity index (χ3n) is 3.69. The minimum atomic E-state index is -0.292. The van der Waals surface area contributed by atoms with E-state index in [1.165, 1.54) is 0 Å². The monoisotopic (exact) mass is 245 g/mol. The second kappa shape index (κ2) is 4.95. The van der Waals surface area contributed by atoms with Gasteiger partial charge in [0.15, 0.2) is 0 Å². The van der Waals surface area contributed by atoms with Gasteiger partial charge in [-0.1, -0.05) is 13.8 Å². The van der Waals surface area contributed by atoms with E-state index in [0.717, 1.165) is 12.8 Å². The van der Waals surface area contributed by atoms with Gasteiger partial charge in [-0.3, -0.25) is 0 Å². The lowest BCUT2D eigenvalue weighted by molar-refractivity contribution is 0.0567. The maximum Gasteiger partial charge on any atom is 0.143 e. The van der Waals surface area contributed by atoms with E-state index < -0.39 is 0 Å². The normalized spacial score (nSPS) is 18.2. The van der Waals surface area contributed by atoms with E-state index in [-0.39, 0.29) is 17.4 Å². The molecule has 1 fully saturated rings. The average Bonchev–Trinajstić information content (AvgIpc) is 3.16. The molecule has 0 spiro atoms. The number of hydrogen-bond acceptors (Lipinski definition) is 4. The molecule has 2 rings (SSSR count). The highest BCUT2D eigenvalue weighted by atomic mass is 16.3. The number of pyridine rings is 1. The van der Waals surface area contributed by atoms with E-state index in [1.54, 1.807) is 18.3 Å². The molecule has 1 saturated carbocycles. The fourth-order valence-electron chi connectivity index (χ4n) is 2.34. The Morgan fingerprint density at radius 1 is 1.56 bits per heavy atom. The molecular formula is C14H19N3O. The molecule has 4 nitrogen and oxygen atoms in total. The molecule has 1 unspecified atom stereocenters. The van der Waals surface area contributed by atoms with Gasteiger partial charge in [0.2, 0.25) is 0 Å². The van der Waals surface area contributed by atoms with Crippen molar-refractivity contribution in [3.8, 4) is 6.07 Å². The second-order valence-corrected chi connectivity index (χ2v) is 5.42. The largest absolute Gasteiger partial charge is 0.392 e. The first-order chi connectivity index (χ1) is 8.59. The van der Waals surface area contributed by atoms with Crippen molar-refractivity contribution in [1.29, 1.82) is 5.26 Å². The van der Waals surface area contributed by atoms with Gasteiger partial charge in [-0.15, -0.1) is 0 Å². The van der Waals surface area contributed by atoms with Gasteiger partial charge in [0.25, 0.3) is 0 Å². The summed E-state index contributed by atoms with van der Waals surface area (Å²) in [5.41, 5.74) is 0.519. The minimum Gasteiger partial charge on any atom is -0.392 e. The molecule has 96 valence electrons. The highest BCUT2D eigenvalue weighted by Gasteiger charge is 2.49. The average molecular weight is 245 g/mol. The lowest BCUT2D eigenvalue weighted by Gasteiger charge is -2.26. The molecule has 4 heteroatoms. The van der Waals surface area contributed by atoms with Crippen molar-refractivity contribution >= 4 is 5.82 Å². The molecule has 0 aromatic carbocycles. The lowest BCUT2D eigenvalue weighted by Crippen LogP contribution is -2.33. The molecular weight excluding hydrogens is 226 g/mol. The van der Waals surface area contributed by atoms with Crippen molar-refractivity contribution in [2.24, 2.45) is 11.3 Å². The van der Waals surface area contributed by atoms with Crippen LogP contribution in [0.3, 0.4) is 0 Å². The Bertz CT molecular complexity index is 460. The summed E-state index contributed by atoms with van der Waals surface area (Å²) < 4.78 is 0. The first-order valence-electron chi connectivity index (χ1n) is 6.36. The van der Waals surface area contributed by atoms with Crippen molar-refractivity contribution in [2.75, 3.05) is 11.9 Å². The highest BCUT2D eigenvalue weighted by Crippen LogP contribution is 2.50. The third kappa shape index (κ3) is 2.46. The second-order valence-electron chi connectivity index (χ2n) is 5.42. The van der Waals surface area contributed by atoms with E-state index >= 15 is 0 Å². The van der Waals surface area contributed by atoms with E-state index in [2.05, 4.69) is 16.4 Å². The van der Waals surface area contributed by atoms with Gasteiger partial charge in [0, 0.05) is 18.2 Å². The molecule has 0 radical (unpaired) electrons. The molecule has 0 saturated heterocycles. The van der Waals surface area contributed by atoms with Crippen LogP contribution in [0.5, 0.6) is 0 Å². The van der Waals surface area contributed by atoms with Crippen molar-refractivity contribution in [1.82, 2.24) is 4.98 Å². The Hall–Kier alpha value is -1.60. The quantitative estimate of drug-likeness (QED) is 0.834. The highest BCUT2D eigenvalue weighted by molar-refractivity contribution is 5.51. The Morgan fingerprint density at radius 3 is 2.83 bits per heavy atom. The lowest BCUT2D eigenvalue weighted by atomic mass is 9.90. The summed E-state index contributed by atoms with van der Waals surface area (Å²) in [6, 6.07) is 5.61. The number of aliphatic hydroxyl groups excluding tert-OH is 1. The van der Waals surface area contributed by atoms with Crippen LogP contribution in [0.4, 0.5) is 5.82 Å². The van der Waals surface area contributed by atoms with Gasteiger partial charge in [0.1, 0.15) is 11.9 Å². The molecule has 2 N–H and O–H groups in total. The fourth-order valence-corrected chi connectivity index (χ4v) is 2.34. The van der Waals surface area contributed by atoms with Crippen molar-refractivity contribution in [3.05, 3.63) is 23.9 Å². The molecule has 1 aromatic rings. The topological polar surface area (TPSA) is 68.9 Å². The number of nitrogens with zero attached hydrogens (tertiary/aromatic N) is 2. The predicted octanol–water partition coefficient (Wildman–Crippen LogP) is 2.16. The van der Waals surface area contributed by atoms with Crippen LogP contribution in [0.2, 0.25) is 0 Å². The van der Waals surface area contributed by atoms with Crippen molar-refractivity contribution < 1.29 is 5.11 Å². The Morgan fingerprint density at radius 2 is 2.28 bits per heavy atom. The number of nitriles is 1. The summed E-state index contributed by atoms with van der Waals surface area (Å²) in [4.78, 5) is 4.17. The number of nitrogens with one attached hydrogen (secondary N) is 1. The molecule has 1 aromatic heterocycles. The summed E-state index contributed by atoms with van der Waals surface area (Å²) in [7, 11) is 0. The molecule has 18 heavy (non-hydrogen) atoms. The number of hydrogen-bond donors (Lipinski definition) is 2. The summed E-state index contributed by atoms with van der Waals surface area (Å²) in [6.07, 6.45) is 3.45. The minimum absolute atomic E-state index is 0.0294. The SMILES string of the molecule is CC(C)C(O)C1(CNc2ncccc2C#N)CC1. The molecule has 1 heterocycles. The summed E-state index contributed by atoms with van der Waals surface area (Å²) in [5, 5.41) is 22.4. The van der Waals surface area contributed by atoms with Crippen LogP contribution in [0.1, 0.15) is 32.3 Å². The molecule has 0 aliphatic heterocycles. The zero-order chi connectivity index (χ0) is 13.2. The van der Waals surface area contributed by atoms with Gasteiger partial charge in [-0.25, -0.2) is 4.98 Å². The van der Waals surface area contributed by atoms with Crippen LogP contribution in [0, 0.1) is 22.7 Å². The number of rotatable bonds is 5. The van der Waals surface area contributed by atoms with Crippen LogP contribution < -0.4 is 5.32 Å². The fraction of sp³-hybridized carbons (Fsp3) is 0.571. The Balaban J connectivity index is 2.02. The third-order valence-corrected chi connectivity index (χ3v) is 3.69. The summed E-state index contributed by atoms with van der Waals surface area (Å²) in [6.45, 7) is 4.75. The molecule has 0 amide bonds. The molecule has 1 atom stereocenters. The first-order valence-corrected chi connectivity index (χ1v) is 6.36. The van der Waals surface area contributed by atoms with E-state index in [9.17, 15) is 5.11 Å². The van der Waals surface area contributed by atoms with Crippen LogP contribution in [0.25, 0.3) is 0 Å². The Labute approximate surface area is 108 Å². The maximum atomic E-state index is 10.2. The van der Waals surface area contributed by atoms with Crippen LogP contribution in [-0.2, 0) is 0 Å². The van der Waals surface area contributed by atoms with E-state index in [0.29, 0.717) is 17.9 Å². The number of aliphatic hydroxyl groups is 1. The van der Waals surface area contributed by atoms with E-state index in [4.69, 9.17) is 5.26 Å². The molecule has 1 aliphatic carbocycles. The van der Waals surface area contributed by atoms with Gasteiger partial charge < -0.3 is 10.4 Å². The summed E-state index contributed by atoms with van der Waals surface area (Å²) in [5.74, 6) is 0.871. The predicted molar refractivity (Wildman–Crippen MR) is 70.0 cm³/mol. The van der Waals surface area contributed by atoms with Gasteiger partial charge in [-0.05, 0) is 30.9 Å². The van der Waals surface area contributed by atoms with E-state index in [1.807, 2.05) is 13.8 Å². The van der Waals surface area contributed by atoms with Crippen molar-refractivity contribution in [2.45, 2.75) is 32.8 Å². The zero-order valence-electron chi connectivity index (χ0n) is 10.8. The first kappa shape index (κ1) is 12.8. The van der Waals surface area contributed by atoms with Crippen molar-refractivity contribution in [3.63, 3.8) is 0 Å². The van der Waals surface area contributed by atoms with Gasteiger partial charge >= 0.3 is 0 Å². The van der Waals surface area contributed by atoms with Crippen LogP contribution in [0.15, 0.2) is 18.3 Å². The van der Waals surface area contributed by atoms with Gasteiger partial charge in [0.05, 0.1) is 11.7 Å². The number of aromatic nitrogens is 1. The Kier molecular flexibility index (Phi) is 3.53. The maximum absolute atomic E-state index is 10.2. The van der Waals surface area contributed by atoms with Crippen LogP contribution >= 0.6 is 0 Å². The molecule has 0 bridgehead atoms. The number of anilines is 1. The van der Waals surface area contributed by atoms with Crippen LogP contribution in [-0.4, -0.2) is 22.7 Å². The standard InChI is InChI=1S/C14H19N3O/c1-10(2)12(18)14(5-6-14)9-17-13-11(8-15)4-3-7-16-13/h3-4,7,10,12,18H,5-6,9H2,1-2H3,(H,16,17). The smallest absolute Gasteiger partial charge is 0.143 e. The summed E-state index contributed by atoms with van der Waals surface area (Å²) >= 11 is 0. The molecule has 1 aliphatic rings. The zero-order valence-corrected chi connectivity index (χ0v) is 10.8.